The second-order valence-electron chi connectivity index (χ2n) is 4.31. The summed E-state index contributed by atoms with van der Waals surface area (Å²) in [5.74, 6) is 0. The minimum absolute atomic E-state index is 0.260. The third-order valence-corrected chi connectivity index (χ3v) is 3.30. The highest BCUT2D eigenvalue weighted by molar-refractivity contribution is 6.31. The Labute approximate surface area is 113 Å². The van der Waals surface area contributed by atoms with Gasteiger partial charge in [0.2, 0.25) is 0 Å². The third-order valence-electron chi connectivity index (χ3n) is 2.96. The molecule has 0 unspecified atom stereocenters. The van der Waals surface area contributed by atoms with Crippen molar-refractivity contribution in [2.24, 2.45) is 0 Å². The molecule has 0 aliphatic heterocycles. The van der Waals surface area contributed by atoms with Crippen molar-refractivity contribution < 1.29 is 0 Å². The predicted octanol–water partition coefficient (Wildman–Crippen LogP) is 3.63. The maximum Gasteiger partial charge on any atom is 0.0453 e. The van der Waals surface area contributed by atoms with Gasteiger partial charge in [0, 0.05) is 23.5 Å². The van der Waals surface area contributed by atoms with Crippen LogP contribution in [-0.2, 0) is 6.42 Å². The molecule has 0 aliphatic carbocycles. The van der Waals surface area contributed by atoms with Gasteiger partial charge in [0.05, 0.1) is 0 Å². The minimum Gasteiger partial charge on any atom is -0.310 e. The van der Waals surface area contributed by atoms with Crippen LogP contribution >= 0.6 is 11.6 Å². The van der Waals surface area contributed by atoms with E-state index >= 15 is 0 Å². The van der Waals surface area contributed by atoms with Crippen molar-refractivity contribution in [1.82, 2.24) is 10.3 Å². The van der Waals surface area contributed by atoms with Crippen LogP contribution in [0.4, 0.5) is 0 Å². The Morgan fingerprint density at radius 2 is 2.06 bits per heavy atom. The summed E-state index contributed by atoms with van der Waals surface area (Å²) >= 11 is 6.17. The summed E-state index contributed by atoms with van der Waals surface area (Å²) in [4.78, 5) is 4.11. The van der Waals surface area contributed by atoms with E-state index in [0.717, 1.165) is 23.6 Å². The van der Waals surface area contributed by atoms with Crippen LogP contribution in [0.15, 0.2) is 48.8 Å². The van der Waals surface area contributed by atoms with Crippen LogP contribution in [-0.4, -0.2) is 11.5 Å². The highest BCUT2D eigenvalue weighted by atomic mass is 35.5. The zero-order valence-electron chi connectivity index (χ0n) is 10.4. The standard InChI is InChI=1S/C15H17ClN2/c1-12(14-6-2-3-7-15(14)16)18-10-8-13-5-4-9-17-11-13/h2-7,9,11-12,18H,8,10H2,1H3/t12-/m1/s1. The van der Waals surface area contributed by atoms with Crippen LogP contribution in [0.3, 0.4) is 0 Å². The Kier molecular flexibility index (Phi) is 4.73. The lowest BCUT2D eigenvalue weighted by Crippen LogP contribution is -2.21. The summed E-state index contributed by atoms with van der Waals surface area (Å²) in [5.41, 5.74) is 2.39. The van der Waals surface area contributed by atoms with E-state index in [1.54, 1.807) is 6.20 Å². The predicted molar refractivity (Wildman–Crippen MR) is 75.8 cm³/mol. The zero-order chi connectivity index (χ0) is 12.8. The molecule has 3 heteroatoms. The fourth-order valence-electron chi connectivity index (χ4n) is 1.92. The van der Waals surface area contributed by atoms with Crippen molar-refractivity contribution in [3.63, 3.8) is 0 Å². The van der Waals surface area contributed by atoms with Crippen molar-refractivity contribution in [2.45, 2.75) is 19.4 Å². The average Bonchev–Trinajstić information content (AvgIpc) is 2.40. The van der Waals surface area contributed by atoms with Gasteiger partial charge in [0.1, 0.15) is 0 Å². The van der Waals surface area contributed by atoms with Gasteiger partial charge >= 0.3 is 0 Å². The van der Waals surface area contributed by atoms with Crippen molar-refractivity contribution >= 4 is 11.6 Å². The first-order valence-corrected chi connectivity index (χ1v) is 6.52. The fraction of sp³-hybridized carbons (Fsp3) is 0.267. The molecule has 0 amide bonds. The molecule has 0 fully saturated rings. The molecule has 1 atom stereocenters. The number of halogens is 1. The van der Waals surface area contributed by atoms with Gasteiger partial charge in [-0.25, -0.2) is 0 Å². The van der Waals surface area contributed by atoms with Gasteiger partial charge in [0.25, 0.3) is 0 Å². The van der Waals surface area contributed by atoms with E-state index in [9.17, 15) is 0 Å². The number of benzene rings is 1. The maximum absolute atomic E-state index is 6.17. The SMILES string of the molecule is C[C@@H](NCCc1cccnc1)c1ccccc1Cl. The van der Waals surface area contributed by atoms with Crippen LogP contribution in [0.2, 0.25) is 5.02 Å². The van der Waals surface area contributed by atoms with E-state index in [1.165, 1.54) is 5.56 Å². The first-order chi connectivity index (χ1) is 8.77. The van der Waals surface area contributed by atoms with E-state index in [4.69, 9.17) is 11.6 Å². The smallest absolute Gasteiger partial charge is 0.0453 e. The molecule has 0 bridgehead atoms. The average molecular weight is 261 g/mol. The maximum atomic E-state index is 6.17. The number of pyridine rings is 1. The molecule has 2 rings (SSSR count). The molecule has 1 N–H and O–H groups in total. The number of nitrogens with one attached hydrogen (secondary N) is 1. The van der Waals surface area contributed by atoms with Crippen LogP contribution in [0.25, 0.3) is 0 Å². The fourth-order valence-corrected chi connectivity index (χ4v) is 2.21. The van der Waals surface area contributed by atoms with Crippen LogP contribution in [0.5, 0.6) is 0 Å². The molecule has 2 nitrogen and oxygen atoms in total. The van der Waals surface area contributed by atoms with Gasteiger partial charge in [-0.2, -0.15) is 0 Å². The summed E-state index contributed by atoms with van der Waals surface area (Å²) < 4.78 is 0. The lowest BCUT2D eigenvalue weighted by atomic mass is 10.1. The number of aromatic nitrogens is 1. The Morgan fingerprint density at radius 3 is 2.78 bits per heavy atom. The molecule has 1 heterocycles. The van der Waals surface area contributed by atoms with Gasteiger partial charge in [-0.05, 0) is 43.1 Å². The van der Waals surface area contributed by atoms with E-state index in [-0.39, 0.29) is 6.04 Å². The van der Waals surface area contributed by atoms with Crippen molar-refractivity contribution in [1.29, 1.82) is 0 Å². The molecule has 0 spiro atoms. The second-order valence-corrected chi connectivity index (χ2v) is 4.72. The van der Waals surface area contributed by atoms with Gasteiger partial charge in [0.15, 0.2) is 0 Å². The molecule has 1 aromatic heterocycles. The molecule has 0 aliphatic rings. The number of hydrogen-bond acceptors (Lipinski definition) is 2. The quantitative estimate of drug-likeness (QED) is 0.888. The number of hydrogen-bond donors (Lipinski definition) is 1. The lowest BCUT2D eigenvalue weighted by Gasteiger charge is -2.15. The second kappa shape index (κ2) is 6.53. The van der Waals surface area contributed by atoms with E-state index in [0.29, 0.717) is 0 Å². The van der Waals surface area contributed by atoms with Crippen LogP contribution < -0.4 is 5.32 Å². The molecule has 2 aromatic rings. The highest BCUT2D eigenvalue weighted by Gasteiger charge is 2.07. The Hall–Kier alpha value is -1.38. The first-order valence-electron chi connectivity index (χ1n) is 6.14. The summed E-state index contributed by atoms with van der Waals surface area (Å²) in [6.07, 6.45) is 4.67. The molecule has 94 valence electrons. The van der Waals surface area contributed by atoms with Gasteiger partial charge in [-0.15, -0.1) is 0 Å². The monoisotopic (exact) mass is 260 g/mol. The van der Waals surface area contributed by atoms with Crippen molar-refractivity contribution in [2.75, 3.05) is 6.54 Å². The summed E-state index contributed by atoms with van der Waals surface area (Å²) in [6.45, 7) is 3.04. The van der Waals surface area contributed by atoms with E-state index < -0.39 is 0 Å². The van der Waals surface area contributed by atoms with Crippen molar-refractivity contribution in [3.05, 3.63) is 64.9 Å². The van der Waals surface area contributed by atoms with Crippen LogP contribution in [0, 0.1) is 0 Å². The summed E-state index contributed by atoms with van der Waals surface area (Å²) in [6, 6.07) is 12.3. The zero-order valence-corrected chi connectivity index (χ0v) is 11.2. The number of nitrogens with zero attached hydrogens (tertiary/aromatic N) is 1. The first kappa shape index (κ1) is 13.1. The molecule has 1 aromatic carbocycles. The summed E-state index contributed by atoms with van der Waals surface area (Å²) in [7, 11) is 0. The summed E-state index contributed by atoms with van der Waals surface area (Å²) in [5, 5.41) is 4.29. The van der Waals surface area contributed by atoms with Crippen LogP contribution in [0.1, 0.15) is 24.1 Å². The highest BCUT2D eigenvalue weighted by Crippen LogP contribution is 2.21. The molecular weight excluding hydrogens is 244 g/mol. The minimum atomic E-state index is 0.260. The molecular formula is C15H17ClN2. The van der Waals surface area contributed by atoms with E-state index in [1.807, 2.05) is 30.5 Å². The third kappa shape index (κ3) is 3.56. The Balaban J connectivity index is 1.86. The molecule has 0 radical (unpaired) electrons. The topological polar surface area (TPSA) is 24.9 Å². The largest absolute Gasteiger partial charge is 0.310 e. The van der Waals surface area contributed by atoms with Gasteiger partial charge in [-0.1, -0.05) is 35.9 Å². The van der Waals surface area contributed by atoms with E-state index in [2.05, 4.69) is 29.4 Å². The van der Waals surface area contributed by atoms with Gasteiger partial charge < -0.3 is 5.32 Å². The molecule has 0 saturated heterocycles. The molecule has 0 saturated carbocycles. The lowest BCUT2D eigenvalue weighted by molar-refractivity contribution is 0.576. The number of rotatable bonds is 5. The van der Waals surface area contributed by atoms with Crippen molar-refractivity contribution in [3.8, 4) is 0 Å². The molecule has 18 heavy (non-hydrogen) atoms. The Bertz CT molecular complexity index is 485. The normalized spacial score (nSPS) is 12.3. The Morgan fingerprint density at radius 1 is 1.22 bits per heavy atom. The van der Waals surface area contributed by atoms with Gasteiger partial charge in [-0.3, -0.25) is 4.98 Å².